The minimum atomic E-state index is -0.0884. The van der Waals surface area contributed by atoms with Gasteiger partial charge in [-0.15, -0.1) is 0 Å². The molecule has 0 radical (unpaired) electrons. The SMILES string of the molecule is CCN1C(=O)/C(=C\c2cn(CCCOc3ccccc3OC)c3ccccc23)NC1=S. The number of amides is 1. The van der Waals surface area contributed by atoms with Crippen molar-refractivity contribution in [2.75, 3.05) is 20.3 Å². The van der Waals surface area contributed by atoms with E-state index in [-0.39, 0.29) is 5.91 Å². The second kappa shape index (κ2) is 9.22. The Bertz CT molecular complexity index is 1150. The van der Waals surface area contributed by atoms with Crippen molar-refractivity contribution in [1.82, 2.24) is 14.8 Å². The van der Waals surface area contributed by atoms with Gasteiger partial charge >= 0.3 is 0 Å². The van der Waals surface area contributed by atoms with Crippen molar-refractivity contribution in [2.45, 2.75) is 19.9 Å². The van der Waals surface area contributed by atoms with E-state index in [1.54, 1.807) is 12.0 Å². The Balaban J connectivity index is 1.50. The summed E-state index contributed by atoms with van der Waals surface area (Å²) in [6.45, 7) is 3.83. The van der Waals surface area contributed by atoms with Crippen molar-refractivity contribution in [2.24, 2.45) is 0 Å². The monoisotopic (exact) mass is 435 g/mol. The molecule has 1 N–H and O–H groups in total. The van der Waals surface area contributed by atoms with Gasteiger partial charge in [0.05, 0.1) is 13.7 Å². The van der Waals surface area contributed by atoms with Gasteiger partial charge in [0.2, 0.25) is 0 Å². The quantitative estimate of drug-likeness (QED) is 0.327. The third-order valence-electron chi connectivity index (χ3n) is 5.27. The number of aromatic nitrogens is 1. The molecule has 1 saturated heterocycles. The number of likely N-dealkylation sites (N-methyl/N-ethyl adjacent to an activating group) is 1. The van der Waals surface area contributed by atoms with Crippen molar-refractivity contribution in [3.8, 4) is 11.5 Å². The minimum Gasteiger partial charge on any atom is -0.493 e. The van der Waals surface area contributed by atoms with Crippen molar-refractivity contribution >= 4 is 40.2 Å². The molecule has 4 rings (SSSR count). The van der Waals surface area contributed by atoms with Crippen molar-refractivity contribution in [1.29, 1.82) is 0 Å². The number of ether oxygens (including phenoxy) is 2. The van der Waals surface area contributed by atoms with Crippen molar-refractivity contribution < 1.29 is 14.3 Å². The van der Waals surface area contributed by atoms with Crippen LogP contribution in [0.3, 0.4) is 0 Å². The Hall–Kier alpha value is -3.32. The first-order chi connectivity index (χ1) is 15.1. The number of thiocarbonyl (C=S) groups is 1. The van der Waals surface area contributed by atoms with E-state index in [1.165, 1.54) is 0 Å². The number of hydrogen-bond donors (Lipinski definition) is 1. The molecule has 2 aromatic carbocycles. The largest absolute Gasteiger partial charge is 0.493 e. The molecule has 1 aliphatic heterocycles. The highest BCUT2D eigenvalue weighted by atomic mass is 32.1. The highest BCUT2D eigenvalue weighted by Gasteiger charge is 2.29. The molecule has 6 nitrogen and oxygen atoms in total. The van der Waals surface area contributed by atoms with Gasteiger partial charge in [0.25, 0.3) is 5.91 Å². The molecule has 1 aromatic heterocycles. The molecular formula is C24H25N3O3S. The summed E-state index contributed by atoms with van der Waals surface area (Å²) in [6, 6.07) is 15.8. The van der Waals surface area contributed by atoms with Gasteiger partial charge in [-0.1, -0.05) is 30.3 Å². The van der Waals surface area contributed by atoms with Crippen LogP contribution in [0, 0.1) is 0 Å². The summed E-state index contributed by atoms with van der Waals surface area (Å²) < 4.78 is 13.4. The maximum atomic E-state index is 12.6. The molecular weight excluding hydrogens is 410 g/mol. The third kappa shape index (κ3) is 4.27. The molecule has 0 unspecified atom stereocenters. The predicted octanol–water partition coefficient (Wildman–Crippen LogP) is 4.20. The molecule has 0 atom stereocenters. The van der Waals surface area contributed by atoms with Crippen LogP contribution in [0.15, 0.2) is 60.4 Å². The van der Waals surface area contributed by atoms with E-state index in [0.717, 1.165) is 40.9 Å². The molecule has 7 heteroatoms. The molecule has 0 spiro atoms. The summed E-state index contributed by atoms with van der Waals surface area (Å²) >= 11 is 5.27. The van der Waals surface area contributed by atoms with E-state index in [1.807, 2.05) is 49.4 Å². The van der Waals surface area contributed by atoms with E-state index >= 15 is 0 Å². The van der Waals surface area contributed by atoms with Gasteiger partial charge in [-0.2, -0.15) is 0 Å². The highest BCUT2D eigenvalue weighted by molar-refractivity contribution is 7.80. The van der Waals surface area contributed by atoms with Crippen LogP contribution < -0.4 is 14.8 Å². The molecule has 2 heterocycles. The second-order valence-corrected chi connectivity index (χ2v) is 7.57. The lowest BCUT2D eigenvalue weighted by atomic mass is 10.1. The average Bonchev–Trinajstić information content (AvgIpc) is 3.27. The Morgan fingerprint density at radius 1 is 1.10 bits per heavy atom. The summed E-state index contributed by atoms with van der Waals surface area (Å²) in [6.07, 6.45) is 4.79. The smallest absolute Gasteiger partial charge is 0.276 e. The maximum absolute atomic E-state index is 12.6. The Morgan fingerprint density at radius 3 is 2.58 bits per heavy atom. The topological polar surface area (TPSA) is 55.7 Å². The average molecular weight is 436 g/mol. The van der Waals surface area contributed by atoms with Crippen LogP contribution >= 0.6 is 12.2 Å². The van der Waals surface area contributed by atoms with E-state index in [9.17, 15) is 4.79 Å². The van der Waals surface area contributed by atoms with Gasteiger partial charge in [0.15, 0.2) is 16.6 Å². The van der Waals surface area contributed by atoms with Crippen LogP contribution in [0.1, 0.15) is 18.9 Å². The zero-order chi connectivity index (χ0) is 21.8. The lowest BCUT2D eigenvalue weighted by Gasteiger charge is -2.11. The second-order valence-electron chi connectivity index (χ2n) is 7.19. The summed E-state index contributed by atoms with van der Waals surface area (Å²) in [7, 11) is 1.64. The van der Waals surface area contributed by atoms with Crippen molar-refractivity contribution in [3.05, 3.63) is 66.0 Å². The van der Waals surface area contributed by atoms with Crippen LogP contribution in [0.25, 0.3) is 17.0 Å². The number of hydrogen-bond acceptors (Lipinski definition) is 4. The lowest BCUT2D eigenvalue weighted by molar-refractivity contribution is -0.122. The fourth-order valence-electron chi connectivity index (χ4n) is 3.74. The first kappa shape index (κ1) is 20.9. The minimum absolute atomic E-state index is 0.0884. The number of carbonyl (C=O) groups excluding carboxylic acids is 1. The summed E-state index contributed by atoms with van der Waals surface area (Å²) in [4.78, 5) is 14.1. The standard InChI is InChI=1S/C24H25N3O3S/c1-3-27-23(28)19(25-24(27)31)15-17-16-26(20-10-5-4-9-18(17)20)13-8-14-30-22-12-7-6-11-21(22)29-2/h4-7,9-12,15-16H,3,8,13-14H2,1-2H3,(H,25,31)/b19-15+. The number of para-hydroxylation sites is 3. The number of aryl methyl sites for hydroxylation is 1. The summed E-state index contributed by atoms with van der Waals surface area (Å²) in [5.41, 5.74) is 2.61. The van der Waals surface area contributed by atoms with Crippen LogP contribution in [0.5, 0.6) is 11.5 Å². The summed E-state index contributed by atoms with van der Waals surface area (Å²) in [5, 5.41) is 4.58. The molecule has 1 amide bonds. The van der Waals surface area contributed by atoms with Gasteiger partial charge < -0.3 is 19.4 Å². The number of fused-ring (bicyclic) bond motifs is 1. The first-order valence-electron chi connectivity index (χ1n) is 10.3. The van der Waals surface area contributed by atoms with Gasteiger partial charge in [-0.05, 0) is 49.8 Å². The zero-order valence-corrected chi connectivity index (χ0v) is 18.4. The Labute approximate surface area is 187 Å². The molecule has 0 aliphatic carbocycles. The summed E-state index contributed by atoms with van der Waals surface area (Å²) in [5.74, 6) is 1.39. The number of nitrogens with one attached hydrogen (secondary N) is 1. The highest BCUT2D eigenvalue weighted by Crippen LogP contribution is 2.27. The number of nitrogens with zero attached hydrogens (tertiary/aromatic N) is 2. The van der Waals surface area contributed by atoms with Crippen LogP contribution in [-0.4, -0.2) is 40.7 Å². The number of carbonyl (C=O) groups is 1. The molecule has 1 aliphatic rings. The fraction of sp³-hybridized carbons (Fsp3) is 0.250. The van der Waals surface area contributed by atoms with E-state index < -0.39 is 0 Å². The van der Waals surface area contributed by atoms with E-state index in [4.69, 9.17) is 21.7 Å². The van der Waals surface area contributed by atoms with Gasteiger partial charge in [0, 0.05) is 35.8 Å². The lowest BCUT2D eigenvalue weighted by Crippen LogP contribution is -2.30. The Morgan fingerprint density at radius 2 is 1.84 bits per heavy atom. The molecule has 0 saturated carbocycles. The molecule has 0 bridgehead atoms. The molecule has 1 fully saturated rings. The predicted molar refractivity (Wildman–Crippen MR) is 126 cm³/mol. The fourth-order valence-corrected chi connectivity index (χ4v) is 4.07. The number of benzene rings is 2. The maximum Gasteiger partial charge on any atom is 0.276 e. The number of rotatable bonds is 8. The zero-order valence-electron chi connectivity index (χ0n) is 17.6. The molecule has 160 valence electrons. The Kier molecular flexibility index (Phi) is 6.23. The normalized spacial score (nSPS) is 15.0. The van der Waals surface area contributed by atoms with Gasteiger partial charge in [-0.25, -0.2) is 0 Å². The molecule has 3 aromatic rings. The van der Waals surface area contributed by atoms with Gasteiger partial charge in [-0.3, -0.25) is 9.69 Å². The van der Waals surface area contributed by atoms with Crippen LogP contribution in [0.4, 0.5) is 0 Å². The van der Waals surface area contributed by atoms with E-state index in [2.05, 4.69) is 28.2 Å². The number of methoxy groups -OCH3 is 1. The van der Waals surface area contributed by atoms with E-state index in [0.29, 0.717) is 24.0 Å². The van der Waals surface area contributed by atoms with Crippen LogP contribution in [-0.2, 0) is 11.3 Å². The van der Waals surface area contributed by atoms with Crippen LogP contribution in [0.2, 0.25) is 0 Å². The first-order valence-corrected chi connectivity index (χ1v) is 10.7. The van der Waals surface area contributed by atoms with Crippen molar-refractivity contribution in [3.63, 3.8) is 0 Å². The molecule has 31 heavy (non-hydrogen) atoms. The third-order valence-corrected chi connectivity index (χ3v) is 5.59. The van der Waals surface area contributed by atoms with Gasteiger partial charge in [0.1, 0.15) is 5.70 Å².